The largest absolute Gasteiger partial charge is 0.368 e. The molecule has 0 aliphatic heterocycles. The van der Waals surface area contributed by atoms with Gasteiger partial charge in [-0.1, -0.05) is 13.8 Å². The average molecular weight is 154 g/mol. The van der Waals surface area contributed by atoms with Crippen LogP contribution in [0.4, 0.5) is 0 Å². The van der Waals surface area contributed by atoms with Gasteiger partial charge in [-0.15, -0.1) is 0 Å². The molecule has 0 aromatic carbocycles. The SMILES string of the molecule is CC.CN=C(N)n1cccn1. The standard InChI is InChI=1S/C5H8N4.C2H6/c1-7-5(6)9-4-2-3-8-9;1-2/h2-4H,1H3,(H2,6,7);1-2H3. The van der Waals surface area contributed by atoms with Crippen LogP contribution in [0, 0.1) is 0 Å². The van der Waals surface area contributed by atoms with Crippen molar-refractivity contribution in [3.63, 3.8) is 0 Å². The smallest absolute Gasteiger partial charge is 0.216 e. The van der Waals surface area contributed by atoms with Crippen molar-refractivity contribution in [3.8, 4) is 0 Å². The van der Waals surface area contributed by atoms with Crippen molar-refractivity contribution in [1.29, 1.82) is 0 Å². The summed E-state index contributed by atoms with van der Waals surface area (Å²) in [4.78, 5) is 3.73. The van der Waals surface area contributed by atoms with Gasteiger partial charge in [0, 0.05) is 19.4 Å². The van der Waals surface area contributed by atoms with Gasteiger partial charge in [-0.25, -0.2) is 4.68 Å². The molecular weight excluding hydrogens is 140 g/mol. The van der Waals surface area contributed by atoms with Gasteiger partial charge in [0.25, 0.3) is 0 Å². The fraction of sp³-hybridized carbons (Fsp3) is 0.429. The second-order valence-electron chi connectivity index (χ2n) is 1.53. The Bertz CT molecular complexity index is 200. The Hall–Kier alpha value is -1.32. The van der Waals surface area contributed by atoms with Crippen molar-refractivity contribution < 1.29 is 0 Å². The van der Waals surface area contributed by atoms with Gasteiger partial charge in [0.1, 0.15) is 0 Å². The molecule has 0 saturated heterocycles. The molecule has 0 unspecified atom stereocenters. The van der Waals surface area contributed by atoms with Gasteiger partial charge in [0.2, 0.25) is 5.96 Å². The van der Waals surface area contributed by atoms with Crippen LogP contribution >= 0.6 is 0 Å². The van der Waals surface area contributed by atoms with Gasteiger partial charge < -0.3 is 5.73 Å². The molecule has 11 heavy (non-hydrogen) atoms. The van der Waals surface area contributed by atoms with Gasteiger partial charge in [-0.2, -0.15) is 5.10 Å². The van der Waals surface area contributed by atoms with Crippen LogP contribution in [-0.2, 0) is 0 Å². The Kier molecular flexibility index (Phi) is 4.81. The molecule has 2 N–H and O–H groups in total. The maximum atomic E-state index is 5.39. The van der Waals surface area contributed by atoms with Crippen LogP contribution in [0.25, 0.3) is 0 Å². The van der Waals surface area contributed by atoms with E-state index < -0.39 is 0 Å². The van der Waals surface area contributed by atoms with Gasteiger partial charge in [0.15, 0.2) is 0 Å². The first kappa shape index (κ1) is 9.68. The topological polar surface area (TPSA) is 56.2 Å². The second-order valence-corrected chi connectivity index (χ2v) is 1.53. The van der Waals surface area contributed by atoms with Gasteiger partial charge in [-0.05, 0) is 6.07 Å². The van der Waals surface area contributed by atoms with Crippen molar-refractivity contribution in [2.75, 3.05) is 7.05 Å². The predicted molar refractivity (Wildman–Crippen MR) is 46.5 cm³/mol. The zero-order valence-electron chi connectivity index (χ0n) is 7.15. The van der Waals surface area contributed by atoms with E-state index in [4.69, 9.17) is 5.73 Å². The predicted octanol–water partition coefficient (Wildman–Crippen LogP) is 0.702. The zero-order chi connectivity index (χ0) is 8.69. The number of nitrogens with zero attached hydrogens (tertiary/aromatic N) is 3. The number of aliphatic imine (C=N–C) groups is 1. The zero-order valence-corrected chi connectivity index (χ0v) is 7.15. The summed E-state index contributed by atoms with van der Waals surface area (Å²) in [6.45, 7) is 4.00. The molecule has 1 heterocycles. The highest BCUT2D eigenvalue weighted by Crippen LogP contribution is 1.79. The molecule has 4 heteroatoms. The number of aromatic nitrogens is 2. The second kappa shape index (κ2) is 5.46. The molecule has 0 radical (unpaired) electrons. The van der Waals surface area contributed by atoms with Crippen LogP contribution in [0.1, 0.15) is 13.8 Å². The molecular formula is C7H14N4. The summed E-state index contributed by atoms with van der Waals surface area (Å²) >= 11 is 0. The van der Waals surface area contributed by atoms with Crippen molar-refractivity contribution in [2.24, 2.45) is 10.7 Å². The maximum absolute atomic E-state index is 5.39. The molecule has 0 spiro atoms. The Morgan fingerprint density at radius 3 is 2.55 bits per heavy atom. The number of nitrogens with two attached hydrogens (primary N) is 1. The Morgan fingerprint density at radius 2 is 2.18 bits per heavy atom. The molecule has 1 rings (SSSR count). The molecule has 4 nitrogen and oxygen atoms in total. The van der Waals surface area contributed by atoms with Gasteiger partial charge >= 0.3 is 0 Å². The first-order valence-electron chi connectivity index (χ1n) is 3.57. The van der Waals surface area contributed by atoms with E-state index in [2.05, 4.69) is 10.1 Å². The molecule has 1 aromatic heterocycles. The van der Waals surface area contributed by atoms with E-state index in [-0.39, 0.29) is 0 Å². The van der Waals surface area contributed by atoms with E-state index in [9.17, 15) is 0 Å². The molecule has 0 fully saturated rings. The first-order chi connectivity index (χ1) is 5.34. The first-order valence-corrected chi connectivity index (χ1v) is 3.57. The average Bonchev–Trinajstić information content (AvgIpc) is 2.59. The summed E-state index contributed by atoms with van der Waals surface area (Å²) in [5.74, 6) is 0.403. The lowest BCUT2D eigenvalue weighted by Crippen LogP contribution is -2.22. The normalized spacial score (nSPS) is 10.3. The minimum Gasteiger partial charge on any atom is -0.368 e. The summed E-state index contributed by atoms with van der Waals surface area (Å²) in [5, 5.41) is 3.85. The van der Waals surface area contributed by atoms with Crippen LogP contribution < -0.4 is 5.73 Å². The van der Waals surface area contributed by atoms with Gasteiger partial charge in [-0.3, -0.25) is 4.99 Å². The van der Waals surface area contributed by atoms with Crippen LogP contribution in [0.3, 0.4) is 0 Å². The fourth-order valence-corrected chi connectivity index (χ4v) is 0.507. The number of rotatable bonds is 0. The highest BCUT2D eigenvalue weighted by molar-refractivity contribution is 5.79. The third-order valence-electron chi connectivity index (χ3n) is 0.968. The van der Waals surface area contributed by atoms with E-state index in [1.807, 2.05) is 13.8 Å². The lowest BCUT2D eigenvalue weighted by molar-refractivity contribution is 0.916. The minimum atomic E-state index is 0.403. The summed E-state index contributed by atoms with van der Waals surface area (Å²) in [6, 6.07) is 1.79. The number of hydrogen-bond acceptors (Lipinski definition) is 2. The number of hydrogen-bond donors (Lipinski definition) is 1. The molecule has 1 aromatic rings. The lowest BCUT2D eigenvalue weighted by atomic mass is 10.7. The molecule has 62 valence electrons. The highest BCUT2D eigenvalue weighted by atomic mass is 15.3. The third kappa shape index (κ3) is 2.84. The van der Waals surface area contributed by atoms with E-state index in [1.165, 1.54) is 4.68 Å². The van der Waals surface area contributed by atoms with Crippen molar-refractivity contribution in [3.05, 3.63) is 18.5 Å². The summed E-state index contributed by atoms with van der Waals surface area (Å²) < 4.78 is 1.50. The molecule has 0 aliphatic rings. The van der Waals surface area contributed by atoms with Crippen molar-refractivity contribution in [2.45, 2.75) is 13.8 Å². The van der Waals surface area contributed by atoms with Crippen molar-refractivity contribution in [1.82, 2.24) is 9.78 Å². The lowest BCUT2D eigenvalue weighted by Gasteiger charge is -1.94. The maximum Gasteiger partial charge on any atom is 0.216 e. The quantitative estimate of drug-likeness (QED) is 0.442. The van der Waals surface area contributed by atoms with E-state index >= 15 is 0 Å². The van der Waals surface area contributed by atoms with Crippen LogP contribution in [-0.4, -0.2) is 22.8 Å². The third-order valence-corrected chi connectivity index (χ3v) is 0.968. The van der Waals surface area contributed by atoms with Crippen LogP contribution in [0.15, 0.2) is 23.5 Å². The Balaban J connectivity index is 0.000000461. The molecule has 0 bridgehead atoms. The molecule has 0 atom stereocenters. The summed E-state index contributed by atoms with van der Waals surface area (Å²) in [6.07, 6.45) is 3.39. The van der Waals surface area contributed by atoms with Crippen molar-refractivity contribution >= 4 is 5.96 Å². The van der Waals surface area contributed by atoms with Crippen LogP contribution in [0.2, 0.25) is 0 Å². The fourth-order valence-electron chi connectivity index (χ4n) is 0.507. The van der Waals surface area contributed by atoms with E-state index in [0.29, 0.717) is 5.96 Å². The van der Waals surface area contributed by atoms with Gasteiger partial charge in [0.05, 0.1) is 0 Å². The molecule has 0 amide bonds. The molecule has 0 aliphatic carbocycles. The van der Waals surface area contributed by atoms with E-state index in [0.717, 1.165) is 0 Å². The Morgan fingerprint density at radius 1 is 1.55 bits per heavy atom. The molecule has 0 saturated carbocycles. The van der Waals surface area contributed by atoms with E-state index in [1.54, 1.807) is 25.5 Å². The summed E-state index contributed by atoms with van der Waals surface area (Å²) in [5.41, 5.74) is 5.39. The Labute approximate surface area is 66.7 Å². The summed E-state index contributed by atoms with van der Waals surface area (Å²) in [7, 11) is 1.62. The monoisotopic (exact) mass is 154 g/mol. The minimum absolute atomic E-state index is 0.403. The van der Waals surface area contributed by atoms with Crippen LogP contribution in [0.5, 0.6) is 0 Å². The highest BCUT2D eigenvalue weighted by Gasteiger charge is 1.89.